The molecule has 20 heavy (non-hydrogen) atoms. The van der Waals surface area contributed by atoms with Crippen molar-refractivity contribution in [1.29, 1.82) is 0 Å². The molecule has 1 heterocycles. The largest absolute Gasteiger partial charge is 0.486 e. The molecule has 0 atom stereocenters. The molecule has 0 saturated heterocycles. The molecule has 0 aliphatic heterocycles. The SMILES string of the molecule is CCCCCCC(CCCCCC)c1ncc(OC)s1. The van der Waals surface area contributed by atoms with E-state index >= 15 is 0 Å². The zero-order valence-corrected chi connectivity index (χ0v) is 14.3. The van der Waals surface area contributed by atoms with Crippen LogP contribution in [0.5, 0.6) is 5.06 Å². The normalized spacial score (nSPS) is 11.2. The van der Waals surface area contributed by atoms with Crippen LogP contribution >= 0.6 is 11.3 Å². The number of thiazole rings is 1. The van der Waals surface area contributed by atoms with Crippen LogP contribution in [-0.4, -0.2) is 12.1 Å². The van der Waals surface area contributed by atoms with Crippen LogP contribution in [0.1, 0.15) is 89.0 Å². The van der Waals surface area contributed by atoms with Crippen LogP contribution < -0.4 is 4.74 Å². The zero-order chi connectivity index (χ0) is 14.6. The van der Waals surface area contributed by atoms with Gasteiger partial charge in [-0.05, 0) is 12.8 Å². The standard InChI is InChI=1S/C17H31NOS/c1-4-6-8-10-12-15(13-11-9-7-5-2)17-18-14-16(19-3)20-17/h14-15H,4-13H2,1-3H3. The van der Waals surface area contributed by atoms with Crippen LogP contribution in [0.4, 0.5) is 0 Å². The highest BCUT2D eigenvalue weighted by Crippen LogP contribution is 2.34. The van der Waals surface area contributed by atoms with Crippen molar-refractivity contribution < 1.29 is 4.74 Å². The second-order valence-corrected chi connectivity index (χ2v) is 6.64. The number of hydrogen-bond donors (Lipinski definition) is 0. The molecular weight excluding hydrogens is 266 g/mol. The quantitative estimate of drug-likeness (QED) is 0.430. The van der Waals surface area contributed by atoms with Gasteiger partial charge in [0.2, 0.25) is 0 Å². The second-order valence-electron chi connectivity index (χ2n) is 5.62. The average molecular weight is 298 g/mol. The summed E-state index contributed by atoms with van der Waals surface area (Å²) in [6.07, 6.45) is 15.2. The maximum Gasteiger partial charge on any atom is 0.193 e. The van der Waals surface area contributed by atoms with Crippen LogP contribution in [0.25, 0.3) is 0 Å². The Bertz CT molecular complexity index is 325. The summed E-state index contributed by atoms with van der Waals surface area (Å²) in [5.74, 6) is 0.651. The third kappa shape index (κ3) is 6.74. The fraction of sp³-hybridized carbons (Fsp3) is 0.824. The average Bonchev–Trinajstić information content (AvgIpc) is 2.94. The first kappa shape index (κ1) is 17.5. The minimum atomic E-state index is 0.651. The summed E-state index contributed by atoms with van der Waals surface area (Å²) >= 11 is 1.74. The molecule has 2 nitrogen and oxygen atoms in total. The molecule has 0 unspecified atom stereocenters. The Hall–Kier alpha value is -0.570. The Morgan fingerprint density at radius 2 is 1.60 bits per heavy atom. The van der Waals surface area contributed by atoms with Gasteiger partial charge in [0.25, 0.3) is 0 Å². The van der Waals surface area contributed by atoms with Crippen molar-refractivity contribution in [1.82, 2.24) is 4.98 Å². The first-order valence-corrected chi connectivity index (χ1v) is 9.13. The van der Waals surface area contributed by atoms with E-state index in [0.717, 1.165) is 5.06 Å². The lowest BCUT2D eigenvalue weighted by molar-refractivity contribution is 0.426. The third-order valence-electron chi connectivity index (χ3n) is 3.87. The molecule has 0 fully saturated rings. The second kappa shape index (κ2) is 11.1. The molecule has 1 aromatic heterocycles. The van der Waals surface area contributed by atoms with Crippen molar-refractivity contribution in [2.75, 3.05) is 7.11 Å². The summed E-state index contributed by atoms with van der Waals surface area (Å²) in [5.41, 5.74) is 0. The highest BCUT2D eigenvalue weighted by Gasteiger charge is 2.15. The van der Waals surface area contributed by atoms with Gasteiger partial charge in [0.05, 0.1) is 18.3 Å². The van der Waals surface area contributed by atoms with E-state index in [2.05, 4.69) is 18.8 Å². The van der Waals surface area contributed by atoms with Crippen LogP contribution in [-0.2, 0) is 0 Å². The molecule has 0 bridgehead atoms. The van der Waals surface area contributed by atoms with Crippen LogP contribution in [0.2, 0.25) is 0 Å². The predicted octanol–water partition coefficient (Wildman–Crippen LogP) is 6.18. The molecule has 0 N–H and O–H groups in total. The Labute approximate surface area is 129 Å². The lowest BCUT2D eigenvalue weighted by Gasteiger charge is -2.14. The van der Waals surface area contributed by atoms with Crippen LogP contribution in [0.3, 0.4) is 0 Å². The molecular formula is C17H31NOS. The number of methoxy groups -OCH3 is 1. The number of nitrogens with zero attached hydrogens (tertiary/aromatic N) is 1. The molecule has 0 radical (unpaired) electrons. The van der Waals surface area contributed by atoms with Gasteiger partial charge in [-0.1, -0.05) is 76.6 Å². The van der Waals surface area contributed by atoms with E-state index in [9.17, 15) is 0 Å². The van der Waals surface area contributed by atoms with E-state index in [-0.39, 0.29) is 0 Å². The van der Waals surface area contributed by atoms with Crippen LogP contribution in [0.15, 0.2) is 6.20 Å². The van der Waals surface area contributed by atoms with Crippen molar-refractivity contribution in [2.45, 2.75) is 84.0 Å². The smallest absolute Gasteiger partial charge is 0.193 e. The number of hydrogen-bond acceptors (Lipinski definition) is 3. The maximum absolute atomic E-state index is 5.29. The predicted molar refractivity (Wildman–Crippen MR) is 88.9 cm³/mol. The monoisotopic (exact) mass is 297 g/mol. The summed E-state index contributed by atoms with van der Waals surface area (Å²) in [6.45, 7) is 4.54. The van der Waals surface area contributed by atoms with Gasteiger partial charge in [0, 0.05) is 5.92 Å². The molecule has 1 rings (SSSR count). The Morgan fingerprint density at radius 1 is 1.00 bits per heavy atom. The molecule has 3 heteroatoms. The van der Waals surface area contributed by atoms with E-state index in [1.807, 2.05) is 6.20 Å². The van der Waals surface area contributed by atoms with Crippen LogP contribution in [0, 0.1) is 0 Å². The molecule has 0 aliphatic rings. The molecule has 0 aromatic carbocycles. The third-order valence-corrected chi connectivity index (χ3v) is 4.99. The minimum Gasteiger partial charge on any atom is -0.486 e. The number of rotatable bonds is 12. The highest BCUT2D eigenvalue weighted by molar-refractivity contribution is 7.13. The summed E-state index contributed by atoms with van der Waals surface area (Å²) in [4.78, 5) is 4.58. The molecule has 0 amide bonds. The first-order valence-electron chi connectivity index (χ1n) is 8.31. The van der Waals surface area contributed by atoms with Gasteiger partial charge in [0.1, 0.15) is 0 Å². The van der Waals surface area contributed by atoms with Gasteiger partial charge in [-0.15, -0.1) is 0 Å². The maximum atomic E-state index is 5.29. The highest BCUT2D eigenvalue weighted by atomic mass is 32.1. The first-order chi connectivity index (χ1) is 9.81. The number of aromatic nitrogens is 1. The van der Waals surface area contributed by atoms with Gasteiger partial charge >= 0.3 is 0 Å². The van der Waals surface area contributed by atoms with Gasteiger partial charge in [0.15, 0.2) is 5.06 Å². The van der Waals surface area contributed by atoms with Gasteiger partial charge in [-0.3, -0.25) is 0 Å². The molecule has 1 aromatic rings. The van der Waals surface area contributed by atoms with Crippen molar-refractivity contribution in [3.05, 3.63) is 11.2 Å². The van der Waals surface area contributed by atoms with Crippen molar-refractivity contribution in [3.8, 4) is 5.06 Å². The van der Waals surface area contributed by atoms with E-state index in [4.69, 9.17) is 4.74 Å². The lowest BCUT2D eigenvalue weighted by atomic mass is 9.95. The van der Waals surface area contributed by atoms with Gasteiger partial charge in [-0.25, -0.2) is 4.98 Å². The van der Waals surface area contributed by atoms with E-state index in [0.29, 0.717) is 5.92 Å². The van der Waals surface area contributed by atoms with Gasteiger partial charge in [-0.2, -0.15) is 0 Å². The van der Waals surface area contributed by atoms with Gasteiger partial charge < -0.3 is 4.74 Å². The van der Waals surface area contributed by atoms with Crippen molar-refractivity contribution in [2.24, 2.45) is 0 Å². The zero-order valence-electron chi connectivity index (χ0n) is 13.5. The minimum absolute atomic E-state index is 0.651. The number of unbranched alkanes of at least 4 members (excludes halogenated alkanes) is 6. The summed E-state index contributed by atoms with van der Waals surface area (Å²) in [5, 5.41) is 2.24. The number of ether oxygens (including phenoxy) is 1. The van der Waals surface area contributed by atoms with E-state index in [1.165, 1.54) is 69.2 Å². The molecule has 116 valence electrons. The molecule has 0 spiro atoms. The van der Waals surface area contributed by atoms with E-state index < -0.39 is 0 Å². The Morgan fingerprint density at radius 3 is 2.05 bits per heavy atom. The molecule has 0 saturated carbocycles. The molecule has 0 aliphatic carbocycles. The summed E-state index contributed by atoms with van der Waals surface area (Å²) in [7, 11) is 1.73. The van der Waals surface area contributed by atoms with Crippen molar-refractivity contribution >= 4 is 11.3 Å². The fourth-order valence-corrected chi connectivity index (χ4v) is 3.48. The van der Waals surface area contributed by atoms with E-state index in [1.54, 1.807) is 18.4 Å². The summed E-state index contributed by atoms with van der Waals surface area (Å²) in [6, 6.07) is 0. The van der Waals surface area contributed by atoms with Crippen molar-refractivity contribution in [3.63, 3.8) is 0 Å². The summed E-state index contributed by atoms with van der Waals surface area (Å²) < 4.78 is 5.29. The topological polar surface area (TPSA) is 22.1 Å². The lowest BCUT2D eigenvalue weighted by Crippen LogP contribution is -1.99. The Kier molecular flexibility index (Phi) is 9.73. The Balaban J connectivity index is 2.44. The fourth-order valence-electron chi connectivity index (χ4n) is 2.58.